The van der Waals surface area contributed by atoms with Gasteiger partial charge >= 0.3 is 0 Å². The minimum Gasteiger partial charge on any atom is -0.354 e. The van der Waals surface area contributed by atoms with E-state index in [2.05, 4.69) is 15.3 Å². The van der Waals surface area contributed by atoms with E-state index in [0.29, 0.717) is 6.54 Å². The van der Waals surface area contributed by atoms with Crippen molar-refractivity contribution in [2.24, 2.45) is 0 Å². The summed E-state index contributed by atoms with van der Waals surface area (Å²) >= 11 is 0. The van der Waals surface area contributed by atoms with E-state index in [0.717, 1.165) is 26.1 Å². The van der Waals surface area contributed by atoms with E-state index >= 15 is 0 Å². The van der Waals surface area contributed by atoms with Crippen LogP contribution in [-0.4, -0.2) is 45.8 Å². The van der Waals surface area contributed by atoms with Gasteiger partial charge in [-0.05, 0) is 58.7 Å². The number of rotatable bonds is 6. The summed E-state index contributed by atoms with van der Waals surface area (Å²) in [6, 6.07) is 0. The molecule has 112 valence electrons. The van der Waals surface area contributed by atoms with Gasteiger partial charge in [-0.3, -0.25) is 14.4 Å². The van der Waals surface area contributed by atoms with Gasteiger partial charge in [0.25, 0.3) is 0 Å². The van der Waals surface area contributed by atoms with Gasteiger partial charge in [0, 0.05) is 19.3 Å². The quantitative estimate of drug-likeness (QED) is 0.804. The van der Waals surface area contributed by atoms with Gasteiger partial charge in [0.2, 0.25) is 5.91 Å². The van der Waals surface area contributed by atoms with Crippen LogP contribution in [0.2, 0.25) is 0 Å². The van der Waals surface area contributed by atoms with E-state index in [1.165, 1.54) is 18.4 Å². The number of nitrogens with zero attached hydrogens (tertiary/aromatic N) is 3. The third-order valence-corrected chi connectivity index (χ3v) is 4.06. The second kappa shape index (κ2) is 6.39. The van der Waals surface area contributed by atoms with Crippen molar-refractivity contribution in [3.05, 3.63) is 18.0 Å². The fourth-order valence-electron chi connectivity index (χ4n) is 2.67. The first-order chi connectivity index (χ1) is 9.50. The van der Waals surface area contributed by atoms with Crippen LogP contribution in [-0.2, 0) is 11.3 Å². The van der Waals surface area contributed by atoms with Gasteiger partial charge in [0.15, 0.2) is 0 Å². The van der Waals surface area contributed by atoms with Crippen LogP contribution >= 0.6 is 0 Å². The number of hydrogen-bond donors (Lipinski definition) is 1. The van der Waals surface area contributed by atoms with E-state index in [1.54, 1.807) is 0 Å². The molecule has 1 fully saturated rings. The molecule has 1 aliphatic rings. The van der Waals surface area contributed by atoms with Crippen molar-refractivity contribution in [1.82, 2.24) is 20.0 Å². The lowest BCUT2D eigenvalue weighted by Gasteiger charge is -2.33. The summed E-state index contributed by atoms with van der Waals surface area (Å²) in [6.07, 6.45) is 7.19. The Labute approximate surface area is 121 Å². The molecule has 5 nitrogen and oxygen atoms in total. The zero-order valence-corrected chi connectivity index (χ0v) is 12.9. The Morgan fingerprint density at radius 2 is 2.10 bits per heavy atom. The van der Waals surface area contributed by atoms with E-state index < -0.39 is 5.54 Å². The Hall–Kier alpha value is -1.36. The van der Waals surface area contributed by atoms with Crippen molar-refractivity contribution < 1.29 is 4.79 Å². The monoisotopic (exact) mass is 278 g/mol. The van der Waals surface area contributed by atoms with Gasteiger partial charge < -0.3 is 5.32 Å². The zero-order chi connectivity index (χ0) is 14.6. The summed E-state index contributed by atoms with van der Waals surface area (Å²) in [7, 11) is 0. The van der Waals surface area contributed by atoms with E-state index in [9.17, 15) is 4.79 Å². The third-order valence-electron chi connectivity index (χ3n) is 4.06. The van der Waals surface area contributed by atoms with Crippen molar-refractivity contribution >= 4 is 5.91 Å². The standard InChI is InChI=1S/C15H26N4O/c1-13-11-17-19(12-13)10-6-7-16-14(20)15(2,3)18-8-4-5-9-18/h11-12H,4-10H2,1-3H3,(H,16,20). The first kappa shape index (κ1) is 15.0. The largest absolute Gasteiger partial charge is 0.354 e. The summed E-state index contributed by atoms with van der Waals surface area (Å²) in [5.74, 6) is 0.135. The van der Waals surface area contributed by atoms with Gasteiger partial charge in [-0.2, -0.15) is 5.10 Å². The fourth-order valence-corrected chi connectivity index (χ4v) is 2.67. The number of likely N-dealkylation sites (tertiary alicyclic amines) is 1. The van der Waals surface area contributed by atoms with Crippen LogP contribution in [0.1, 0.15) is 38.7 Å². The molecule has 20 heavy (non-hydrogen) atoms. The molecule has 0 spiro atoms. The average Bonchev–Trinajstić information content (AvgIpc) is 3.05. The molecular formula is C15H26N4O. The SMILES string of the molecule is Cc1cnn(CCCNC(=O)C(C)(C)N2CCCC2)c1. The molecule has 2 rings (SSSR count). The summed E-state index contributed by atoms with van der Waals surface area (Å²) in [6.45, 7) is 9.69. The summed E-state index contributed by atoms with van der Waals surface area (Å²) in [5.41, 5.74) is 0.780. The molecule has 0 aliphatic carbocycles. The lowest BCUT2D eigenvalue weighted by atomic mass is 10.0. The van der Waals surface area contributed by atoms with Gasteiger partial charge in [0.05, 0.1) is 11.7 Å². The lowest BCUT2D eigenvalue weighted by Crippen LogP contribution is -2.54. The molecule has 0 radical (unpaired) electrons. The second-order valence-electron chi connectivity index (χ2n) is 6.14. The smallest absolute Gasteiger partial charge is 0.239 e. The number of carbonyl (C=O) groups is 1. The second-order valence-corrected chi connectivity index (χ2v) is 6.14. The summed E-state index contributed by atoms with van der Waals surface area (Å²) in [4.78, 5) is 14.6. The number of aromatic nitrogens is 2. The number of hydrogen-bond acceptors (Lipinski definition) is 3. The van der Waals surface area contributed by atoms with Gasteiger partial charge in [-0.1, -0.05) is 0 Å². The lowest BCUT2D eigenvalue weighted by molar-refractivity contribution is -0.131. The highest BCUT2D eigenvalue weighted by atomic mass is 16.2. The van der Waals surface area contributed by atoms with E-state index in [4.69, 9.17) is 0 Å². The Bertz CT molecular complexity index is 446. The van der Waals surface area contributed by atoms with E-state index in [1.807, 2.05) is 37.8 Å². The maximum absolute atomic E-state index is 12.3. The predicted octanol–water partition coefficient (Wildman–Crippen LogP) is 1.57. The average molecular weight is 278 g/mol. The summed E-state index contributed by atoms with van der Waals surface area (Å²) in [5, 5.41) is 7.30. The molecular weight excluding hydrogens is 252 g/mol. The van der Waals surface area contributed by atoms with Crippen molar-refractivity contribution in [2.45, 2.75) is 52.1 Å². The normalized spacial score (nSPS) is 16.6. The highest BCUT2D eigenvalue weighted by Crippen LogP contribution is 2.20. The number of amides is 1. The molecule has 1 N–H and O–H groups in total. The van der Waals surface area contributed by atoms with Crippen molar-refractivity contribution in [3.63, 3.8) is 0 Å². The Morgan fingerprint density at radius 1 is 1.40 bits per heavy atom. The molecule has 0 unspecified atom stereocenters. The van der Waals surface area contributed by atoms with Gasteiger partial charge in [0.1, 0.15) is 0 Å². The van der Waals surface area contributed by atoms with Crippen LogP contribution in [0.25, 0.3) is 0 Å². The van der Waals surface area contributed by atoms with Crippen LogP contribution in [0.15, 0.2) is 12.4 Å². The van der Waals surface area contributed by atoms with Gasteiger partial charge in [-0.25, -0.2) is 0 Å². The van der Waals surface area contributed by atoms with Gasteiger partial charge in [-0.15, -0.1) is 0 Å². The van der Waals surface area contributed by atoms with Crippen molar-refractivity contribution in [1.29, 1.82) is 0 Å². The minimum absolute atomic E-state index is 0.135. The molecule has 0 aromatic carbocycles. The Morgan fingerprint density at radius 3 is 2.70 bits per heavy atom. The number of aryl methyl sites for hydroxylation is 2. The highest BCUT2D eigenvalue weighted by Gasteiger charge is 2.35. The molecule has 1 aromatic heterocycles. The van der Waals surface area contributed by atoms with Crippen LogP contribution in [0.3, 0.4) is 0 Å². The molecule has 1 saturated heterocycles. The highest BCUT2D eigenvalue weighted by molar-refractivity contribution is 5.85. The summed E-state index contributed by atoms with van der Waals surface area (Å²) < 4.78 is 1.92. The van der Waals surface area contributed by atoms with Crippen LogP contribution < -0.4 is 5.32 Å². The van der Waals surface area contributed by atoms with Crippen molar-refractivity contribution in [2.75, 3.05) is 19.6 Å². The van der Waals surface area contributed by atoms with E-state index in [-0.39, 0.29) is 5.91 Å². The molecule has 0 atom stereocenters. The zero-order valence-electron chi connectivity index (χ0n) is 12.9. The molecule has 1 amide bonds. The topological polar surface area (TPSA) is 50.2 Å². The fraction of sp³-hybridized carbons (Fsp3) is 0.733. The Balaban J connectivity index is 1.71. The molecule has 1 aromatic rings. The first-order valence-electron chi connectivity index (χ1n) is 7.52. The maximum atomic E-state index is 12.3. The minimum atomic E-state index is -0.390. The molecule has 0 bridgehead atoms. The number of nitrogens with one attached hydrogen (secondary N) is 1. The molecule has 2 heterocycles. The molecule has 0 saturated carbocycles. The maximum Gasteiger partial charge on any atom is 0.239 e. The molecule has 5 heteroatoms. The van der Waals surface area contributed by atoms with Crippen LogP contribution in [0, 0.1) is 6.92 Å². The predicted molar refractivity (Wildman–Crippen MR) is 79.5 cm³/mol. The third kappa shape index (κ3) is 3.60. The molecule has 1 aliphatic heterocycles. The van der Waals surface area contributed by atoms with Crippen LogP contribution in [0.4, 0.5) is 0 Å². The van der Waals surface area contributed by atoms with Crippen molar-refractivity contribution in [3.8, 4) is 0 Å². The van der Waals surface area contributed by atoms with Crippen LogP contribution in [0.5, 0.6) is 0 Å². The first-order valence-corrected chi connectivity index (χ1v) is 7.52. The Kier molecular flexibility index (Phi) is 4.81. The number of carbonyl (C=O) groups excluding carboxylic acids is 1.